The molecule has 1 unspecified atom stereocenters. The zero-order valence-corrected chi connectivity index (χ0v) is 8.99. The lowest BCUT2D eigenvalue weighted by atomic mass is 10.0. The number of rotatable bonds is 5. The Balaban J connectivity index is 2.54. The monoisotopic (exact) mass is 198 g/mol. The minimum atomic E-state index is -0.767. The Kier molecular flexibility index (Phi) is 3.60. The van der Waals surface area contributed by atoms with Crippen molar-refractivity contribution in [2.24, 2.45) is 7.05 Å². The molecule has 0 spiro atoms. The minimum Gasteiger partial charge on any atom is -0.388 e. The van der Waals surface area contributed by atoms with Gasteiger partial charge in [0.2, 0.25) is 0 Å². The van der Waals surface area contributed by atoms with E-state index in [2.05, 4.69) is 15.4 Å². The molecule has 0 bridgehead atoms. The van der Waals surface area contributed by atoms with Crippen molar-refractivity contribution in [1.82, 2.24) is 20.1 Å². The normalized spacial score (nSPS) is 15.4. The van der Waals surface area contributed by atoms with Crippen LogP contribution in [-0.2, 0) is 13.5 Å². The molecular weight excluding hydrogens is 180 g/mol. The van der Waals surface area contributed by atoms with E-state index in [1.807, 2.05) is 14.0 Å². The van der Waals surface area contributed by atoms with Crippen molar-refractivity contribution in [3.63, 3.8) is 0 Å². The molecule has 14 heavy (non-hydrogen) atoms. The maximum atomic E-state index is 10.00. The highest BCUT2D eigenvalue weighted by molar-refractivity contribution is 4.92. The van der Waals surface area contributed by atoms with Gasteiger partial charge in [-0.1, -0.05) is 6.92 Å². The Labute approximate surface area is 84.2 Å². The van der Waals surface area contributed by atoms with Crippen LogP contribution in [0.1, 0.15) is 19.7 Å². The van der Waals surface area contributed by atoms with Crippen LogP contribution in [0, 0.1) is 0 Å². The highest BCUT2D eigenvalue weighted by Crippen LogP contribution is 2.09. The molecule has 0 aromatic carbocycles. The lowest BCUT2D eigenvalue weighted by Crippen LogP contribution is -2.40. The molecular formula is C9H18N4O. The van der Waals surface area contributed by atoms with Gasteiger partial charge >= 0.3 is 0 Å². The van der Waals surface area contributed by atoms with Gasteiger partial charge in [0, 0.05) is 20.0 Å². The van der Waals surface area contributed by atoms with Crippen molar-refractivity contribution in [3.8, 4) is 0 Å². The third-order valence-electron chi connectivity index (χ3n) is 2.10. The lowest BCUT2D eigenvalue weighted by Gasteiger charge is -2.22. The predicted octanol–water partition coefficient (Wildman–Crippen LogP) is -0.282. The van der Waals surface area contributed by atoms with Crippen molar-refractivity contribution in [2.75, 3.05) is 13.1 Å². The van der Waals surface area contributed by atoms with E-state index in [-0.39, 0.29) is 0 Å². The fourth-order valence-corrected chi connectivity index (χ4v) is 1.28. The van der Waals surface area contributed by atoms with Crippen LogP contribution in [0.3, 0.4) is 0 Å². The molecule has 1 aromatic rings. The number of nitrogens with one attached hydrogen (secondary N) is 1. The predicted molar refractivity (Wildman–Crippen MR) is 53.9 cm³/mol. The Morgan fingerprint density at radius 2 is 2.36 bits per heavy atom. The van der Waals surface area contributed by atoms with E-state index in [4.69, 9.17) is 0 Å². The molecule has 0 saturated heterocycles. The van der Waals surface area contributed by atoms with Crippen LogP contribution in [0.25, 0.3) is 0 Å². The van der Waals surface area contributed by atoms with E-state index in [0.717, 1.165) is 12.4 Å². The van der Waals surface area contributed by atoms with E-state index < -0.39 is 5.60 Å². The van der Waals surface area contributed by atoms with Crippen molar-refractivity contribution in [2.45, 2.75) is 25.9 Å². The summed E-state index contributed by atoms with van der Waals surface area (Å²) >= 11 is 0. The molecule has 1 aromatic heterocycles. The molecule has 5 heteroatoms. The van der Waals surface area contributed by atoms with Crippen LogP contribution in [0.15, 0.2) is 6.33 Å². The van der Waals surface area contributed by atoms with Gasteiger partial charge < -0.3 is 10.4 Å². The lowest BCUT2D eigenvalue weighted by molar-refractivity contribution is 0.0578. The maximum absolute atomic E-state index is 10.00. The molecule has 0 aliphatic heterocycles. The van der Waals surface area contributed by atoms with Crippen molar-refractivity contribution in [3.05, 3.63) is 12.2 Å². The van der Waals surface area contributed by atoms with Gasteiger partial charge in [0.05, 0.1) is 5.60 Å². The van der Waals surface area contributed by atoms with Crippen LogP contribution in [0.4, 0.5) is 0 Å². The summed E-state index contributed by atoms with van der Waals surface area (Å²) in [6.45, 7) is 5.23. The number of aryl methyl sites for hydroxylation is 1. The number of hydrogen-bond acceptors (Lipinski definition) is 4. The van der Waals surface area contributed by atoms with E-state index in [9.17, 15) is 5.11 Å². The van der Waals surface area contributed by atoms with Gasteiger partial charge in [-0.2, -0.15) is 5.10 Å². The van der Waals surface area contributed by atoms with Crippen LogP contribution < -0.4 is 5.32 Å². The Morgan fingerprint density at radius 1 is 1.64 bits per heavy atom. The smallest absolute Gasteiger partial charge is 0.138 e. The molecule has 5 nitrogen and oxygen atoms in total. The SMILES string of the molecule is CCNCC(C)(O)Cc1ncnn1C. The van der Waals surface area contributed by atoms with Gasteiger partial charge in [0.25, 0.3) is 0 Å². The Hall–Kier alpha value is -0.940. The summed E-state index contributed by atoms with van der Waals surface area (Å²) in [6, 6.07) is 0. The molecule has 0 aliphatic rings. The standard InChI is InChI=1S/C9H18N4O/c1-4-10-6-9(2,14)5-8-11-7-12-13(8)3/h7,10,14H,4-6H2,1-3H3. The molecule has 0 amide bonds. The average Bonchev–Trinajstić information content (AvgIpc) is 2.48. The Bertz CT molecular complexity index is 282. The summed E-state index contributed by atoms with van der Waals surface area (Å²) in [4.78, 5) is 4.07. The maximum Gasteiger partial charge on any atom is 0.138 e. The first-order valence-corrected chi connectivity index (χ1v) is 4.81. The quantitative estimate of drug-likeness (QED) is 0.683. The second kappa shape index (κ2) is 4.52. The molecule has 0 fully saturated rings. The fourth-order valence-electron chi connectivity index (χ4n) is 1.28. The molecule has 2 N–H and O–H groups in total. The van der Waals surface area contributed by atoms with Gasteiger partial charge in [-0.05, 0) is 13.5 Å². The summed E-state index contributed by atoms with van der Waals surface area (Å²) in [5.74, 6) is 0.799. The molecule has 1 rings (SSSR count). The molecule has 0 radical (unpaired) electrons. The number of likely N-dealkylation sites (N-methyl/N-ethyl adjacent to an activating group) is 1. The first kappa shape index (κ1) is 11.1. The summed E-state index contributed by atoms with van der Waals surface area (Å²) in [5, 5.41) is 17.1. The molecule has 1 heterocycles. The molecule has 0 aliphatic carbocycles. The van der Waals surface area contributed by atoms with E-state index in [1.165, 1.54) is 6.33 Å². The second-order valence-electron chi connectivity index (χ2n) is 3.75. The molecule has 0 saturated carbocycles. The topological polar surface area (TPSA) is 63.0 Å². The molecule has 80 valence electrons. The second-order valence-corrected chi connectivity index (χ2v) is 3.75. The third kappa shape index (κ3) is 3.08. The summed E-state index contributed by atoms with van der Waals surface area (Å²) in [6.07, 6.45) is 2.01. The van der Waals surface area contributed by atoms with E-state index >= 15 is 0 Å². The summed E-state index contributed by atoms with van der Waals surface area (Å²) in [5.41, 5.74) is -0.767. The van der Waals surface area contributed by atoms with Gasteiger partial charge in [-0.15, -0.1) is 0 Å². The number of nitrogens with zero attached hydrogens (tertiary/aromatic N) is 3. The van der Waals surface area contributed by atoms with E-state index in [1.54, 1.807) is 11.6 Å². The molecule has 1 atom stereocenters. The van der Waals surface area contributed by atoms with Crippen LogP contribution in [0.5, 0.6) is 0 Å². The summed E-state index contributed by atoms with van der Waals surface area (Å²) < 4.78 is 1.68. The Morgan fingerprint density at radius 3 is 2.86 bits per heavy atom. The fraction of sp³-hybridized carbons (Fsp3) is 0.778. The highest BCUT2D eigenvalue weighted by atomic mass is 16.3. The van der Waals surface area contributed by atoms with Crippen LogP contribution in [-0.4, -0.2) is 38.6 Å². The number of aromatic nitrogens is 3. The van der Waals surface area contributed by atoms with E-state index in [0.29, 0.717) is 13.0 Å². The van der Waals surface area contributed by atoms with Gasteiger partial charge in [-0.25, -0.2) is 4.98 Å². The minimum absolute atomic E-state index is 0.510. The van der Waals surface area contributed by atoms with Gasteiger partial charge in [-0.3, -0.25) is 4.68 Å². The van der Waals surface area contributed by atoms with Crippen molar-refractivity contribution >= 4 is 0 Å². The van der Waals surface area contributed by atoms with Crippen LogP contribution >= 0.6 is 0 Å². The highest BCUT2D eigenvalue weighted by Gasteiger charge is 2.22. The average molecular weight is 198 g/mol. The van der Waals surface area contributed by atoms with Gasteiger partial charge in [0.1, 0.15) is 12.2 Å². The third-order valence-corrected chi connectivity index (χ3v) is 2.10. The first-order valence-electron chi connectivity index (χ1n) is 4.81. The zero-order chi connectivity index (χ0) is 10.6. The van der Waals surface area contributed by atoms with Crippen molar-refractivity contribution < 1.29 is 5.11 Å². The largest absolute Gasteiger partial charge is 0.388 e. The first-order chi connectivity index (χ1) is 6.55. The zero-order valence-electron chi connectivity index (χ0n) is 8.99. The number of aliphatic hydroxyl groups is 1. The van der Waals surface area contributed by atoms with Crippen molar-refractivity contribution in [1.29, 1.82) is 0 Å². The van der Waals surface area contributed by atoms with Crippen LogP contribution in [0.2, 0.25) is 0 Å². The van der Waals surface area contributed by atoms with Gasteiger partial charge in [0.15, 0.2) is 0 Å². The summed E-state index contributed by atoms with van der Waals surface area (Å²) in [7, 11) is 1.83. The number of hydrogen-bond donors (Lipinski definition) is 2.